The standard InChI is InChI=1S/C15H14BrNO2/c1-9-7-11(17)4-5-12(9)15(18)13-8-10(16)3-6-14(13)19-2/h3-8H,17H2,1-2H3. The summed E-state index contributed by atoms with van der Waals surface area (Å²) in [6, 6.07) is 10.6. The fraction of sp³-hybridized carbons (Fsp3) is 0.133. The molecule has 19 heavy (non-hydrogen) atoms. The van der Waals surface area contributed by atoms with Gasteiger partial charge in [0.25, 0.3) is 0 Å². The summed E-state index contributed by atoms with van der Waals surface area (Å²) in [5, 5.41) is 0. The molecule has 0 bridgehead atoms. The molecule has 2 rings (SSSR count). The summed E-state index contributed by atoms with van der Waals surface area (Å²) in [6.45, 7) is 1.87. The van der Waals surface area contributed by atoms with Crippen LogP contribution in [0, 0.1) is 6.92 Å². The number of ketones is 1. The number of anilines is 1. The van der Waals surface area contributed by atoms with E-state index in [0.29, 0.717) is 22.6 Å². The van der Waals surface area contributed by atoms with Gasteiger partial charge >= 0.3 is 0 Å². The van der Waals surface area contributed by atoms with Crippen LogP contribution in [0.5, 0.6) is 5.75 Å². The van der Waals surface area contributed by atoms with Gasteiger partial charge < -0.3 is 10.5 Å². The Labute approximate surface area is 120 Å². The highest BCUT2D eigenvalue weighted by Crippen LogP contribution is 2.27. The Morgan fingerprint density at radius 1 is 1.16 bits per heavy atom. The van der Waals surface area contributed by atoms with E-state index in [-0.39, 0.29) is 5.78 Å². The third kappa shape index (κ3) is 2.79. The Bertz CT molecular complexity index is 638. The van der Waals surface area contributed by atoms with Gasteiger partial charge in [0.1, 0.15) is 5.75 Å². The number of carbonyl (C=O) groups is 1. The van der Waals surface area contributed by atoms with E-state index in [0.717, 1.165) is 10.0 Å². The van der Waals surface area contributed by atoms with Crippen molar-refractivity contribution in [2.45, 2.75) is 6.92 Å². The highest BCUT2D eigenvalue weighted by molar-refractivity contribution is 9.10. The van der Waals surface area contributed by atoms with Crippen molar-refractivity contribution >= 4 is 27.4 Å². The predicted octanol–water partition coefficient (Wildman–Crippen LogP) is 3.58. The van der Waals surface area contributed by atoms with Crippen LogP contribution in [0.15, 0.2) is 40.9 Å². The normalized spacial score (nSPS) is 10.3. The van der Waals surface area contributed by atoms with E-state index in [1.54, 1.807) is 37.4 Å². The van der Waals surface area contributed by atoms with Gasteiger partial charge in [-0.1, -0.05) is 15.9 Å². The van der Waals surface area contributed by atoms with Crippen molar-refractivity contribution in [3.8, 4) is 5.75 Å². The molecule has 2 aromatic rings. The number of ether oxygens (including phenoxy) is 1. The third-order valence-corrected chi connectivity index (χ3v) is 3.39. The number of methoxy groups -OCH3 is 1. The summed E-state index contributed by atoms with van der Waals surface area (Å²) >= 11 is 3.37. The minimum atomic E-state index is -0.0735. The van der Waals surface area contributed by atoms with E-state index >= 15 is 0 Å². The molecule has 3 nitrogen and oxygen atoms in total. The van der Waals surface area contributed by atoms with Crippen LogP contribution in [-0.4, -0.2) is 12.9 Å². The van der Waals surface area contributed by atoms with Gasteiger partial charge in [0, 0.05) is 15.7 Å². The van der Waals surface area contributed by atoms with Gasteiger partial charge in [-0.2, -0.15) is 0 Å². The topological polar surface area (TPSA) is 52.3 Å². The quantitative estimate of drug-likeness (QED) is 0.695. The lowest BCUT2D eigenvalue weighted by Gasteiger charge is -2.10. The molecule has 0 fully saturated rings. The number of nitrogen functional groups attached to an aromatic ring is 1. The van der Waals surface area contributed by atoms with Crippen LogP contribution in [0.3, 0.4) is 0 Å². The van der Waals surface area contributed by atoms with Crippen molar-refractivity contribution in [3.63, 3.8) is 0 Å². The van der Waals surface area contributed by atoms with Crippen molar-refractivity contribution < 1.29 is 9.53 Å². The maximum absolute atomic E-state index is 12.6. The first kappa shape index (κ1) is 13.6. The maximum Gasteiger partial charge on any atom is 0.197 e. The van der Waals surface area contributed by atoms with Crippen LogP contribution in [-0.2, 0) is 0 Å². The lowest BCUT2D eigenvalue weighted by Crippen LogP contribution is -2.06. The number of nitrogens with two attached hydrogens (primary N) is 1. The Kier molecular flexibility index (Phi) is 3.90. The molecule has 2 N–H and O–H groups in total. The van der Waals surface area contributed by atoms with E-state index in [1.165, 1.54) is 0 Å². The molecule has 0 spiro atoms. The van der Waals surface area contributed by atoms with Gasteiger partial charge in [-0.25, -0.2) is 0 Å². The second-order valence-electron chi connectivity index (χ2n) is 4.25. The average Bonchev–Trinajstić information content (AvgIpc) is 2.38. The molecule has 98 valence electrons. The number of halogens is 1. The highest BCUT2D eigenvalue weighted by atomic mass is 79.9. The zero-order chi connectivity index (χ0) is 14.0. The largest absolute Gasteiger partial charge is 0.496 e. The van der Waals surface area contributed by atoms with Gasteiger partial charge in [-0.05, 0) is 48.9 Å². The Hall–Kier alpha value is -1.81. The SMILES string of the molecule is COc1ccc(Br)cc1C(=O)c1ccc(N)cc1C. The van der Waals surface area contributed by atoms with Gasteiger partial charge in [0.15, 0.2) is 5.78 Å². The smallest absolute Gasteiger partial charge is 0.197 e. The van der Waals surface area contributed by atoms with Crippen molar-refractivity contribution in [3.05, 3.63) is 57.6 Å². The first-order valence-corrected chi connectivity index (χ1v) is 6.56. The molecule has 0 amide bonds. The summed E-state index contributed by atoms with van der Waals surface area (Å²) in [6.07, 6.45) is 0. The first-order chi connectivity index (χ1) is 9.02. The lowest BCUT2D eigenvalue weighted by atomic mass is 9.98. The Balaban J connectivity index is 2.52. The molecule has 0 aliphatic rings. The molecule has 0 radical (unpaired) electrons. The second kappa shape index (κ2) is 5.45. The zero-order valence-corrected chi connectivity index (χ0v) is 12.3. The Morgan fingerprint density at radius 2 is 1.89 bits per heavy atom. The molecule has 0 saturated carbocycles. The number of aryl methyl sites for hydroxylation is 1. The van der Waals surface area contributed by atoms with Crippen molar-refractivity contribution in [2.75, 3.05) is 12.8 Å². The lowest BCUT2D eigenvalue weighted by molar-refractivity contribution is 0.103. The molecule has 4 heteroatoms. The van der Waals surface area contributed by atoms with Gasteiger partial charge in [-0.15, -0.1) is 0 Å². The van der Waals surface area contributed by atoms with E-state index in [9.17, 15) is 4.79 Å². The van der Waals surface area contributed by atoms with E-state index in [2.05, 4.69) is 15.9 Å². The maximum atomic E-state index is 12.6. The number of hydrogen-bond donors (Lipinski definition) is 1. The molecular weight excluding hydrogens is 306 g/mol. The fourth-order valence-electron chi connectivity index (χ4n) is 1.94. The van der Waals surface area contributed by atoms with Crippen molar-refractivity contribution in [2.24, 2.45) is 0 Å². The van der Waals surface area contributed by atoms with E-state index < -0.39 is 0 Å². The van der Waals surface area contributed by atoms with Crippen LogP contribution >= 0.6 is 15.9 Å². The summed E-state index contributed by atoms with van der Waals surface area (Å²) in [5.41, 5.74) is 8.37. The summed E-state index contributed by atoms with van der Waals surface area (Å²) in [5.74, 6) is 0.486. The molecule has 0 saturated heterocycles. The van der Waals surface area contributed by atoms with Gasteiger partial charge in [0.2, 0.25) is 0 Å². The minimum absolute atomic E-state index is 0.0735. The van der Waals surface area contributed by atoms with Crippen LogP contribution in [0.1, 0.15) is 21.5 Å². The second-order valence-corrected chi connectivity index (χ2v) is 5.16. The Morgan fingerprint density at radius 3 is 2.53 bits per heavy atom. The fourth-order valence-corrected chi connectivity index (χ4v) is 2.31. The zero-order valence-electron chi connectivity index (χ0n) is 10.7. The highest BCUT2D eigenvalue weighted by Gasteiger charge is 2.16. The van der Waals surface area contributed by atoms with Gasteiger partial charge in [-0.3, -0.25) is 4.79 Å². The number of benzene rings is 2. The average molecular weight is 320 g/mol. The summed E-state index contributed by atoms with van der Waals surface area (Å²) < 4.78 is 6.08. The molecule has 2 aromatic carbocycles. The van der Waals surface area contributed by atoms with Crippen molar-refractivity contribution in [1.29, 1.82) is 0 Å². The third-order valence-electron chi connectivity index (χ3n) is 2.90. The molecule has 0 aromatic heterocycles. The monoisotopic (exact) mass is 319 g/mol. The minimum Gasteiger partial charge on any atom is -0.496 e. The van der Waals surface area contributed by atoms with Gasteiger partial charge in [0.05, 0.1) is 12.7 Å². The van der Waals surface area contributed by atoms with Crippen LogP contribution in [0.4, 0.5) is 5.69 Å². The molecule has 0 atom stereocenters. The van der Waals surface area contributed by atoms with E-state index in [1.807, 2.05) is 13.0 Å². The van der Waals surface area contributed by atoms with E-state index in [4.69, 9.17) is 10.5 Å². The molecule has 0 unspecified atom stereocenters. The van der Waals surface area contributed by atoms with Crippen LogP contribution in [0.2, 0.25) is 0 Å². The molecule has 0 heterocycles. The number of carbonyl (C=O) groups excluding carboxylic acids is 1. The molecular formula is C15H14BrNO2. The summed E-state index contributed by atoms with van der Waals surface area (Å²) in [4.78, 5) is 12.6. The molecule has 0 aliphatic heterocycles. The van der Waals surface area contributed by atoms with Crippen molar-refractivity contribution in [1.82, 2.24) is 0 Å². The van der Waals surface area contributed by atoms with Crippen LogP contribution in [0.25, 0.3) is 0 Å². The number of hydrogen-bond acceptors (Lipinski definition) is 3. The summed E-state index contributed by atoms with van der Waals surface area (Å²) in [7, 11) is 1.55. The predicted molar refractivity (Wildman–Crippen MR) is 79.7 cm³/mol. The first-order valence-electron chi connectivity index (χ1n) is 5.77. The van der Waals surface area contributed by atoms with Crippen LogP contribution < -0.4 is 10.5 Å². The number of rotatable bonds is 3. The molecule has 0 aliphatic carbocycles.